The molecule has 0 fully saturated rings. The molecule has 3 aromatic rings. The van der Waals surface area contributed by atoms with Crippen molar-refractivity contribution in [3.63, 3.8) is 0 Å². The molecule has 7 nitrogen and oxygen atoms in total. The third kappa shape index (κ3) is 2.13. The summed E-state index contributed by atoms with van der Waals surface area (Å²) in [7, 11) is 0. The van der Waals surface area contributed by atoms with Crippen molar-refractivity contribution in [1.29, 1.82) is 0 Å². The molecule has 8 heteroatoms. The highest BCUT2D eigenvalue weighted by atomic mass is 32.1. The Morgan fingerprint density at radius 2 is 2.18 bits per heavy atom. The van der Waals surface area contributed by atoms with Crippen LogP contribution in [0.3, 0.4) is 0 Å². The number of thiazole rings is 1. The number of carbonyl (C=O) groups is 2. The fraction of sp³-hybridized carbons (Fsp3) is 0.143. The van der Waals surface area contributed by atoms with Gasteiger partial charge < -0.3 is 9.84 Å². The average Bonchev–Trinajstić information content (AvgIpc) is 2.85. The van der Waals surface area contributed by atoms with Crippen LogP contribution in [-0.2, 0) is 4.74 Å². The maximum atomic E-state index is 12.5. The van der Waals surface area contributed by atoms with Gasteiger partial charge in [0.05, 0.1) is 28.6 Å². The van der Waals surface area contributed by atoms with Crippen LogP contribution < -0.4 is 5.56 Å². The Labute approximate surface area is 127 Å². The number of ether oxygens (including phenoxy) is 1. The number of hydrogen-bond acceptors (Lipinski definition) is 6. The highest BCUT2D eigenvalue weighted by molar-refractivity contribution is 7.23. The monoisotopic (exact) mass is 318 g/mol. The van der Waals surface area contributed by atoms with E-state index >= 15 is 0 Å². The third-order valence-corrected chi connectivity index (χ3v) is 4.09. The van der Waals surface area contributed by atoms with E-state index < -0.39 is 17.5 Å². The lowest BCUT2D eigenvalue weighted by atomic mass is 10.2. The van der Waals surface area contributed by atoms with Crippen LogP contribution in [0.25, 0.3) is 15.2 Å². The van der Waals surface area contributed by atoms with E-state index in [1.54, 1.807) is 6.92 Å². The van der Waals surface area contributed by atoms with Crippen LogP contribution in [0.4, 0.5) is 0 Å². The lowest BCUT2D eigenvalue weighted by Gasteiger charge is -2.01. The van der Waals surface area contributed by atoms with Crippen molar-refractivity contribution in [3.05, 3.63) is 45.9 Å². The Hall–Kier alpha value is -2.74. The molecular weight excluding hydrogens is 308 g/mol. The van der Waals surface area contributed by atoms with Crippen molar-refractivity contribution in [3.8, 4) is 0 Å². The van der Waals surface area contributed by atoms with Gasteiger partial charge in [-0.3, -0.25) is 9.20 Å². The predicted octanol–water partition coefficient (Wildman–Crippen LogP) is 1.78. The Morgan fingerprint density at radius 3 is 2.86 bits per heavy atom. The molecule has 0 radical (unpaired) electrons. The lowest BCUT2D eigenvalue weighted by Crippen LogP contribution is -2.23. The summed E-state index contributed by atoms with van der Waals surface area (Å²) in [6.45, 7) is 1.81. The van der Waals surface area contributed by atoms with Gasteiger partial charge in [-0.2, -0.15) is 0 Å². The second-order valence-electron chi connectivity index (χ2n) is 4.41. The van der Waals surface area contributed by atoms with Gasteiger partial charge in [-0.15, -0.1) is 0 Å². The summed E-state index contributed by atoms with van der Waals surface area (Å²) in [5.74, 6) is -1.78. The maximum absolute atomic E-state index is 12.5. The molecule has 2 heterocycles. The number of rotatable bonds is 3. The van der Waals surface area contributed by atoms with Crippen LogP contribution in [0.2, 0.25) is 0 Å². The molecule has 0 amide bonds. The van der Waals surface area contributed by atoms with E-state index in [9.17, 15) is 14.4 Å². The van der Waals surface area contributed by atoms with Crippen molar-refractivity contribution in [2.24, 2.45) is 0 Å². The Balaban J connectivity index is 2.29. The summed E-state index contributed by atoms with van der Waals surface area (Å²) in [4.78, 5) is 39.7. The molecular formula is C14H10N2O5S. The molecule has 0 saturated heterocycles. The first-order valence-corrected chi connectivity index (χ1v) is 7.19. The van der Waals surface area contributed by atoms with Crippen molar-refractivity contribution in [1.82, 2.24) is 9.38 Å². The molecule has 0 aliphatic carbocycles. The van der Waals surface area contributed by atoms with E-state index in [0.29, 0.717) is 15.2 Å². The van der Waals surface area contributed by atoms with Gasteiger partial charge >= 0.3 is 11.9 Å². The molecule has 22 heavy (non-hydrogen) atoms. The fourth-order valence-corrected chi connectivity index (χ4v) is 3.11. The zero-order valence-electron chi connectivity index (χ0n) is 11.4. The molecule has 0 spiro atoms. The number of aromatic carboxylic acids is 1. The molecule has 1 N–H and O–H groups in total. The summed E-state index contributed by atoms with van der Waals surface area (Å²) in [5, 5.41) is 9.01. The minimum Gasteiger partial charge on any atom is -0.478 e. The SMILES string of the molecule is CCOC(=O)c1cnc2sc3cc(C(=O)O)ccc3n2c1=O. The molecule has 0 saturated carbocycles. The number of carboxylic acids is 1. The van der Waals surface area contributed by atoms with E-state index in [-0.39, 0.29) is 17.7 Å². The number of aromatic nitrogens is 2. The number of carbonyl (C=O) groups excluding carboxylic acids is 1. The van der Waals surface area contributed by atoms with Crippen molar-refractivity contribution < 1.29 is 19.4 Å². The molecule has 0 aliphatic heterocycles. The van der Waals surface area contributed by atoms with E-state index in [1.165, 1.54) is 40.1 Å². The minimum absolute atomic E-state index is 0.123. The van der Waals surface area contributed by atoms with Gasteiger partial charge in [0.1, 0.15) is 5.56 Å². The number of fused-ring (bicyclic) bond motifs is 3. The zero-order valence-corrected chi connectivity index (χ0v) is 12.2. The summed E-state index contributed by atoms with van der Waals surface area (Å²) < 4.78 is 6.72. The van der Waals surface area contributed by atoms with Crippen LogP contribution in [0.15, 0.2) is 29.2 Å². The number of nitrogens with zero attached hydrogens (tertiary/aromatic N) is 2. The Kier molecular flexibility index (Phi) is 3.38. The summed E-state index contributed by atoms with van der Waals surface area (Å²) >= 11 is 1.18. The first-order chi connectivity index (χ1) is 10.5. The number of esters is 1. The van der Waals surface area contributed by atoms with Gasteiger partial charge in [0.2, 0.25) is 0 Å². The smallest absolute Gasteiger partial charge is 0.345 e. The van der Waals surface area contributed by atoms with Crippen molar-refractivity contribution in [2.45, 2.75) is 6.92 Å². The standard InChI is InChI=1S/C14H10N2O5S/c1-2-21-13(20)8-6-15-14-16(11(8)17)9-4-3-7(12(18)19)5-10(9)22-14/h3-6H,2H2,1H3,(H,18,19). The molecule has 112 valence electrons. The largest absolute Gasteiger partial charge is 0.478 e. The average molecular weight is 318 g/mol. The van der Waals surface area contributed by atoms with Crippen molar-refractivity contribution >= 4 is 38.5 Å². The van der Waals surface area contributed by atoms with Crippen LogP contribution in [0.5, 0.6) is 0 Å². The molecule has 3 rings (SSSR count). The topological polar surface area (TPSA) is 98.0 Å². The molecule has 0 atom stereocenters. The predicted molar refractivity (Wildman–Crippen MR) is 79.8 cm³/mol. The fourth-order valence-electron chi connectivity index (χ4n) is 2.09. The van der Waals surface area contributed by atoms with Gasteiger partial charge in [0, 0.05) is 0 Å². The quantitative estimate of drug-likeness (QED) is 0.739. The number of benzene rings is 1. The maximum Gasteiger partial charge on any atom is 0.345 e. The zero-order chi connectivity index (χ0) is 15.9. The summed E-state index contributed by atoms with van der Waals surface area (Å²) in [6.07, 6.45) is 1.18. The first kappa shape index (κ1) is 14.2. The van der Waals surface area contributed by atoms with E-state index in [1.807, 2.05) is 0 Å². The Morgan fingerprint density at radius 1 is 1.41 bits per heavy atom. The molecule has 0 aliphatic rings. The van der Waals surface area contributed by atoms with E-state index in [2.05, 4.69) is 4.98 Å². The van der Waals surface area contributed by atoms with Gasteiger partial charge in [0.25, 0.3) is 5.56 Å². The normalized spacial score (nSPS) is 11.0. The minimum atomic E-state index is -1.05. The van der Waals surface area contributed by atoms with E-state index in [0.717, 1.165) is 0 Å². The van der Waals surface area contributed by atoms with E-state index in [4.69, 9.17) is 9.84 Å². The first-order valence-electron chi connectivity index (χ1n) is 6.37. The van der Waals surface area contributed by atoms with Gasteiger partial charge in [-0.05, 0) is 25.1 Å². The van der Waals surface area contributed by atoms with Crippen molar-refractivity contribution in [2.75, 3.05) is 6.61 Å². The lowest BCUT2D eigenvalue weighted by molar-refractivity contribution is 0.0523. The van der Waals surface area contributed by atoms with Gasteiger partial charge in [-0.25, -0.2) is 14.6 Å². The van der Waals surface area contributed by atoms with Crippen LogP contribution in [0.1, 0.15) is 27.6 Å². The Bertz CT molecular complexity index is 972. The highest BCUT2D eigenvalue weighted by Gasteiger charge is 2.17. The van der Waals surface area contributed by atoms with Gasteiger partial charge in [0.15, 0.2) is 4.96 Å². The number of hydrogen-bond donors (Lipinski definition) is 1. The van der Waals surface area contributed by atoms with Gasteiger partial charge in [-0.1, -0.05) is 11.3 Å². The molecule has 0 bridgehead atoms. The highest BCUT2D eigenvalue weighted by Crippen LogP contribution is 2.25. The van der Waals surface area contributed by atoms with Crippen LogP contribution >= 0.6 is 11.3 Å². The number of carboxylic acid groups (broad SMARTS) is 1. The molecule has 1 aromatic carbocycles. The summed E-state index contributed by atoms with van der Waals surface area (Å²) in [6, 6.07) is 4.40. The third-order valence-electron chi connectivity index (χ3n) is 3.07. The second kappa shape index (κ2) is 5.23. The summed E-state index contributed by atoms with van der Waals surface area (Å²) in [5.41, 5.74) is -0.0505. The molecule has 2 aromatic heterocycles. The molecule has 0 unspecified atom stereocenters. The van der Waals surface area contributed by atoms with Crippen LogP contribution in [-0.4, -0.2) is 33.0 Å². The second-order valence-corrected chi connectivity index (χ2v) is 5.41. The van der Waals surface area contributed by atoms with Crippen LogP contribution in [0, 0.1) is 0 Å².